The lowest BCUT2D eigenvalue weighted by Gasteiger charge is -2.07. The zero-order valence-corrected chi connectivity index (χ0v) is 12.0. The summed E-state index contributed by atoms with van der Waals surface area (Å²) in [5.41, 5.74) is 0.0462. The van der Waals surface area contributed by atoms with E-state index in [-0.39, 0.29) is 35.5 Å². The van der Waals surface area contributed by atoms with Crippen molar-refractivity contribution in [1.29, 1.82) is 0 Å². The number of aliphatic hydroxyl groups excluding tert-OH is 1. The van der Waals surface area contributed by atoms with Crippen LogP contribution < -0.4 is 0 Å². The molecule has 0 rings (SSSR count). The van der Waals surface area contributed by atoms with Crippen molar-refractivity contribution < 1.29 is 34.4 Å². The van der Waals surface area contributed by atoms with Gasteiger partial charge in [-0.3, -0.25) is 0 Å². The molecule has 0 saturated heterocycles. The second kappa shape index (κ2) is 8.70. The van der Waals surface area contributed by atoms with E-state index in [1.165, 1.54) is 32.9 Å². The van der Waals surface area contributed by atoms with E-state index in [0.717, 1.165) is 0 Å². The van der Waals surface area contributed by atoms with Crippen LogP contribution >= 0.6 is 0 Å². The van der Waals surface area contributed by atoms with E-state index in [4.69, 9.17) is 20.1 Å². The van der Waals surface area contributed by atoms with Crippen LogP contribution in [0, 0.1) is 0 Å². The summed E-state index contributed by atoms with van der Waals surface area (Å²) in [5.74, 6) is -3.14. The summed E-state index contributed by atoms with van der Waals surface area (Å²) < 4.78 is 4.72. The second-order valence-corrected chi connectivity index (χ2v) is 4.20. The van der Waals surface area contributed by atoms with Crippen LogP contribution in [0.5, 0.6) is 0 Å². The summed E-state index contributed by atoms with van der Waals surface area (Å²) in [4.78, 5) is 33.4. The quantitative estimate of drug-likeness (QED) is 0.362. The highest BCUT2D eigenvalue weighted by atomic mass is 16.5. The van der Waals surface area contributed by atoms with Crippen LogP contribution in [0.1, 0.15) is 20.8 Å². The zero-order valence-electron chi connectivity index (χ0n) is 12.0. The Morgan fingerprint density at radius 3 is 1.71 bits per heavy atom. The van der Waals surface area contributed by atoms with E-state index < -0.39 is 17.9 Å². The fourth-order valence-corrected chi connectivity index (χ4v) is 1.21. The maximum absolute atomic E-state index is 11.7. The van der Waals surface area contributed by atoms with Crippen molar-refractivity contribution in [3.05, 3.63) is 34.4 Å². The van der Waals surface area contributed by atoms with Crippen LogP contribution in [0.25, 0.3) is 0 Å². The molecule has 0 aromatic rings. The standard InChI is InChI=1S/C14H18O7/c1-8(12(16)17)6-11(7-9(2)13(18)19)10(3)14(20)21-5-4-15/h6-7,15H,4-5H2,1-3H3,(H,16,17)(H,18,19). The van der Waals surface area contributed by atoms with Gasteiger partial charge in [0.2, 0.25) is 0 Å². The molecule has 0 aromatic heterocycles. The van der Waals surface area contributed by atoms with Gasteiger partial charge in [0.15, 0.2) is 0 Å². The largest absolute Gasteiger partial charge is 0.478 e. The van der Waals surface area contributed by atoms with Gasteiger partial charge in [0.1, 0.15) is 6.61 Å². The second-order valence-electron chi connectivity index (χ2n) is 4.20. The minimum absolute atomic E-state index is 0.0460. The number of carboxylic acids is 2. The number of esters is 1. The Balaban J connectivity index is 5.75. The monoisotopic (exact) mass is 298 g/mol. The molecule has 0 aliphatic carbocycles. The van der Waals surface area contributed by atoms with Crippen LogP contribution in [-0.4, -0.2) is 46.4 Å². The van der Waals surface area contributed by atoms with Crippen molar-refractivity contribution in [3.8, 4) is 0 Å². The molecule has 0 bridgehead atoms. The first-order valence-corrected chi connectivity index (χ1v) is 6.02. The number of carboxylic acid groups (broad SMARTS) is 2. The van der Waals surface area contributed by atoms with E-state index in [1.54, 1.807) is 0 Å². The summed E-state index contributed by atoms with van der Waals surface area (Å²) in [6, 6.07) is 0. The normalized spacial score (nSPS) is 11.8. The highest BCUT2D eigenvalue weighted by Gasteiger charge is 2.12. The third kappa shape index (κ3) is 6.53. The first-order chi connectivity index (χ1) is 9.70. The van der Waals surface area contributed by atoms with Crippen molar-refractivity contribution in [2.45, 2.75) is 20.8 Å². The number of aliphatic carboxylic acids is 2. The van der Waals surface area contributed by atoms with Crippen LogP contribution in [0.4, 0.5) is 0 Å². The molecule has 3 N–H and O–H groups in total. The molecule has 0 amide bonds. The Morgan fingerprint density at radius 2 is 1.38 bits per heavy atom. The molecule has 0 saturated carbocycles. The number of rotatable bonds is 7. The smallest absolute Gasteiger partial charge is 0.334 e. The SMILES string of the molecule is CC(=CC(C=C(C)C(=O)O)=C(C)C(=O)OCCO)C(=O)O. The van der Waals surface area contributed by atoms with Crippen molar-refractivity contribution in [1.82, 2.24) is 0 Å². The summed E-state index contributed by atoms with van der Waals surface area (Å²) in [7, 11) is 0. The van der Waals surface area contributed by atoms with Gasteiger partial charge in [-0.1, -0.05) is 0 Å². The predicted octanol–water partition coefficient (Wildman–Crippen LogP) is 0.900. The lowest BCUT2D eigenvalue weighted by Crippen LogP contribution is -2.11. The molecule has 0 aliphatic rings. The molecule has 0 aliphatic heterocycles. The molecule has 7 nitrogen and oxygen atoms in total. The van der Waals surface area contributed by atoms with Crippen LogP contribution in [-0.2, 0) is 19.1 Å². The average Bonchev–Trinajstić information content (AvgIpc) is 2.42. The molecule has 0 unspecified atom stereocenters. The average molecular weight is 298 g/mol. The Bertz CT molecular complexity index is 491. The Morgan fingerprint density at radius 1 is 0.952 bits per heavy atom. The van der Waals surface area contributed by atoms with Gasteiger partial charge in [0.05, 0.1) is 6.61 Å². The highest BCUT2D eigenvalue weighted by Crippen LogP contribution is 2.15. The molecule has 0 heterocycles. The van der Waals surface area contributed by atoms with Crippen LogP contribution in [0.2, 0.25) is 0 Å². The number of hydrogen-bond donors (Lipinski definition) is 3. The molecule has 0 fully saturated rings. The molecule has 0 spiro atoms. The maximum Gasteiger partial charge on any atom is 0.334 e. The Kier molecular flexibility index (Phi) is 7.70. The van der Waals surface area contributed by atoms with Crippen molar-refractivity contribution >= 4 is 17.9 Å². The summed E-state index contributed by atoms with van der Waals surface area (Å²) >= 11 is 0. The van der Waals surface area contributed by atoms with E-state index >= 15 is 0 Å². The number of aliphatic hydroxyl groups is 1. The fraction of sp³-hybridized carbons (Fsp3) is 0.357. The Labute approximate surface area is 121 Å². The number of carbonyl (C=O) groups excluding carboxylic acids is 1. The lowest BCUT2D eigenvalue weighted by atomic mass is 10.0. The van der Waals surface area contributed by atoms with Gasteiger partial charge in [-0.15, -0.1) is 0 Å². The summed E-state index contributed by atoms with van der Waals surface area (Å²) in [5, 5.41) is 26.3. The van der Waals surface area contributed by atoms with E-state index in [0.29, 0.717) is 0 Å². The predicted molar refractivity (Wildman–Crippen MR) is 73.5 cm³/mol. The molecule has 0 aromatic carbocycles. The number of allylic oxidation sites excluding steroid dienone is 3. The zero-order chi connectivity index (χ0) is 16.6. The van der Waals surface area contributed by atoms with Crippen molar-refractivity contribution in [2.75, 3.05) is 13.2 Å². The molecule has 7 heteroatoms. The molecule has 21 heavy (non-hydrogen) atoms. The van der Waals surface area contributed by atoms with Crippen LogP contribution in [0.15, 0.2) is 34.4 Å². The van der Waals surface area contributed by atoms with Gasteiger partial charge in [-0.25, -0.2) is 14.4 Å². The summed E-state index contributed by atoms with van der Waals surface area (Å²) in [6.45, 7) is 3.47. The minimum Gasteiger partial charge on any atom is -0.478 e. The van der Waals surface area contributed by atoms with Crippen molar-refractivity contribution in [3.63, 3.8) is 0 Å². The fourth-order valence-electron chi connectivity index (χ4n) is 1.21. The van der Waals surface area contributed by atoms with Gasteiger partial charge in [0, 0.05) is 16.7 Å². The topological polar surface area (TPSA) is 121 Å². The number of ether oxygens (including phenoxy) is 1. The third-order valence-electron chi connectivity index (χ3n) is 2.48. The van der Waals surface area contributed by atoms with Gasteiger partial charge in [-0.2, -0.15) is 0 Å². The van der Waals surface area contributed by atoms with Crippen molar-refractivity contribution in [2.24, 2.45) is 0 Å². The van der Waals surface area contributed by atoms with Gasteiger partial charge >= 0.3 is 17.9 Å². The molecule has 116 valence electrons. The molecule has 0 radical (unpaired) electrons. The van der Waals surface area contributed by atoms with E-state index in [1.807, 2.05) is 0 Å². The first-order valence-electron chi connectivity index (χ1n) is 6.02. The van der Waals surface area contributed by atoms with Gasteiger partial charge in [-0.05, 0) is 38.5 Å². The number of carbonyl (C=O) groups is 3. The first kappa shape index (κ1) is 18.6. The van der Waals surface area contributed by atoms with Crippen LogP contribution in [0.3, 0.4) is 0 Å². The van der Waals surface area contributed by atoms with Gasteiger partial charge in [0.25, 0.3) is 0 Å². The molecule has 0 atom stereocenters. The summed E-state index contributed by atoms with van der Waals surface area (Å²) in [6.07, 6.45) is 2.37. The molecular weight excluding hydrogens is 280 g/mol. The maximum atomic E-state index is 11.7. The number of hydrogen-bond acceptors (Lipinski definition) is 5. The third-order valence-corrected chi connectivity index (χ3v) is 2.48. The van der Waals surface area contributed by atoms with E-state index in [2.05, 4.69) is 0 Å². The Hall–Kier alpha value is -2.41. The minimum atomic E-state index is -1.19. The highest BCUT2D eigenvalue weighted by molar-refractivity contribution is 5.93. The van der Waals surface area contributed by atoms with E-state index in [9.17, 15) is 14.4 Å². The lowest BCUT2D eigenvalue weighted by molar-refractivity contribution is -0.140. The van der Waals surface area contributed by atoms with Gasteiger partial charge < -0.3 is 20.1 Å². The molecular formula is C14H18O7.